The van der Waals surface area contributed by atoms with E-state index in [4.69, 9.17) is 18.0 Å². The minimum absolute atomic E-state index is 0.493. The highest BCUT2D eigenvalue weighted by molar-refractivity contribution is 7.80. The van der Waals surface area contributed by atoms with E-state index in [9.17, 15) is 0 Å². The summed E-state index contributed by atoms with van der Waals surface area (Å²) in [5.41, 5.74) is 7.01. The van der Waals surface area contributed by atoms with Gasteiger partial charge < -0.3 is 5.73 Å². The molecule has 2 nitrogen and oxygen atoms in total. The van der Waals surface area contributed by atoms with Crippen LogP contribution in [-0.2, 0) is 0 Å². The van der Waals surface area contributed by atoms with Crippen molar-refractivity contribution in [1.82, 2.24) is 4.90 Å². The zero-order chi connectivity index (χ0) is 12.3. The molecule has 1 fully saturated rings. The summed E-state index contributed by atoms with van der Waals surface area (Å²) in [4.78, 5) is 3.18. The summed E-state index contributed by atoms with van der Waals surface area (Å²) in [6, 6.07) is 11.2. The molecule has 0 radical (unpaired) electrons. The lowest BCUT2D eigenvalue weighted by Gasteiger charge is -2.24. The minimum atomic E-state index is 0.493. The van der Waals surface area contributed by atoms with Gasteiger partial charge in [0, 0.05) is 19.0 Å². The maximum Gasteiger partial charge on any atom is 0.0730 e. The summed E-state index contributed by atoms with van der Waals surface area (Å²) in [5.74, 6) is 0.652. The molecule has 0 bridgehead atoms. The van der Waals surface area contributed by atoms with Gasteiger partial charge >= 0.3 is 0 Å². The van der Waals surface area contributed by atoms with E-state index in [1.807, 2.05) is 0 Å². The van der Waals surface area contributed by atoms with Crippen LogP contribution in [0.4, 0.5) is 0 Å². The second-order valence-electron chi connectivity index (χ2n) is 4.91. The van der Waals surface area contributed by atoms with Gasteiger partial charge in [0.15, 0.2) is 0 Å². The summed E-state index contributed by atoms with van der Waals surface area (Å²) in [6.07, 6.45) is 2.11. The second kappa shape index (κ2) is 5.61. The number of benzene rings is 1. The lowest BCUT2D eigenvalue weighted by Crippen LogP contribution is -2.25. The topological polar surface area (TPSA) is 29.3 Å². The molecule has 92 valence electrons. The highest BCUT2D eigenvalue weighted by atomic mass is 32.1. The third kappa shape index (κ3) is 3.27. The molecule has 0 unspecified atom stereocenters. The van der Waals surface area contributed by atoms with Gasteiger partial charge in [-0.05, 0) is 31.4 Å². The number of likely N-dealkylation sites (tertiary alicyclic amines) is 1. The maximum atomic E-state index is 5.62. The van der Waals surface area contributed by atoms with Crippen LogP contribution >= 0.6 is 12.2 Å². The predicted octanol–water partition coefficient (Wildman–Crippen LogP) is 2.75. The van der Waals surface area contributed by atoms with E-state index >= 15 is 0 Å². The van der Waals surface area contributed by atoms with Crippen LogP contribution in [0.3, 0.4) is 0 Å². The molecule has 0 amide bonds. The number of nitrogens with two attached hydrogens (primary N) is 1. The first-order valence-corrected chi connectivity index (χ1v) is 6.65. The molecule has 2 N–H and O–H groups in total. The zero-order valence-corrected chi connectivity index (χ0v) is 11.1. The van der Waals surface area contributed by atoms with Crippen molar-refractivity contribution in [1.29, 1.82) is 0 Å². The number of thiocarbonyl (C=S) groups is 1. The first-order valence-electron chi connectivity index (χ1n) is 6.24. The van der Waals surface area contributed by atoms with E-state index in [-0.39, 0.29) is 0 Å². The monoisotopic (exact) mass is 248 g/mol. The third-order valence-corrected chi connectivity index (χ3v) is 3.80. The van der Waals surface area contributed by atoms with E-state index in [2.05, 4.69) is 42.2 Å². The summed E-state index contributed by atoms with van der Waals surface area (Å²) < 4.78 is 0. The van der Waals surface area contributed by atoms with Gasteiger partial charge in [-0.1, -0.05) is 42.5 Å². The van der Waals surface area contributed by atoms with E-state index in [1.54, 1.807) is 0 Å². The Morgan fingerprint density at radius 3 is 2.82 bits per heavy atom. The van der Waals surface area contributed by atoms with Gasteiger partial charge in [-0.15, -0.1) is 0 Å². The van der Waals surface area contributed by atoms with Crippen LogP contribution < -0.4 is 5.73 Å². The zero-order valence-electron chi connectivity index (χ0n) is 10.3. The van der Waals surface area contributed by atoms with E-state index in [1.165, 1.54) is 12.0 Å². The summed E-state index contributed by atoms with van der Waals surface area (Å²) >= 11 is 4.99. The quantitative estimate of drug-likeness (QED) is 0.831. The third-order valence-electron chi connectivity index (χ3n) is 3.64. The Balaban J connectivity index is 1.94. The Labute approximate surface area is 109 Å². The highest BCUT2D eigenvalue weighted by Crippen LogP contribution is 2.28. The van der Waals surface area contributed by atoms with E-state index in [0.717, 1.165) is 19.5 Å². The Hall–Kier alpha value is -0.930. The van der Waals surface area contributed by atoms with Crippen LogP contribution in [0, 0.1) is 5.92 Å². The van der Waals surface area contributed by atoms with Crippen molar-refractivity contribution < 1.29 is 0 Å². The Morgan fingerprint density at radius 2 is 2.18 bits per heavy atom. The molecule has 1 saturated heterocycles. The molecule has 1 aromatic carbocycles. The Kier molecular flexibility index (Phi) is 4.13. The fourth-order valence-electron chi connectivity index (χ4n) is 2.61. The van der Waals surface area contributed by atoms with Crippen LogP contribution in [0.1, 0.15) is 31.4 Å². The molecule has 1 aliphatic rings. The summed E-state index contributed by atoms with van der Waals surface area (Å²) in [6.45, 7) is 4.55. The first kappa shape index (κ1) is 12.5. The number of hydrogen-bond acceptors (Lipinski definition) is 2. The molecule has 17 heavy (non-hydrogen) atoms. The van der Waals surface area contributed by atoms with Crippen LogP contribution in [0.25, 0.3) is 0 Å². The molecule has 2 rings (SSSR count). The minimum Gasteiger partial charge on any atom is -0.393 e. The highest BCUT2D eigenvalue weighted by Gasteiger charge is 2.26. The fourth-order valence-corrected chi connectivity index (χ4v) is 2.84. The standard InChI is InChI=1S/C14H20N2S/c1-11(13-5-3-2-4-6-13)16-8-7-12(10-16)9-14(15)17/h2-6,11-12H,7-10H2,1H3,(H2,15,17)/t11-,12+/m1/s1. The predicted molar refractivity (Wildman–Crippen MR) is 75.9 cm³/mol. The van der Waals surface area contributed by atoms with Gasteiger partial charge in [0.2, 0.25) is 0 Å². The van der Waals surface area contributed by atoms with Crippen LogP contribution in [-0.4, -0.2) is 23.0 Å². The SMILES string of the molecule is C[C@H](c1ccccc1)N1CC[C@@H](CC(N)=S)C1. The average Bonchev–Trinajstić information content (AvgIpc) is 2.77. The van der Waals surface area contributed by atoms with Crippen molar-refractivity contribution >= 4 is 17.2 Å². The van der Waals surface area contributed by atoms with Gasteiger partial charge in [-0.3, -0.25) is 4.90 Å². The second-order valence-corrected chi connectivity index (χ2v) is 5.43. The molecule has 0 saturated carbocycles. The molecule has 0 aliphatic carbocycles. The normalized spacial score (nSPS) is 22.5. The largest absolute Gasteiger partial charge is 0.393 e. The Morgan fingerprint density at radius 1 is 1.47 bits per heavy atom. The van der Waals surface area contributed by atoms with Crippen LogP contribution in [0.2, 0.25) is 0 Å². The number of hydrogen-bond donors (Lipinski definition) is 1. The molecule has 1 aromatic rings. The molecule has 0 aromatic heterocycles. The lowest BCUT2D eigenvalue weighted by atomic mass is 10.0. The van der Waals surface area contributed by atoms with Crippen LogP contribution in [0.15, 0.2) is 30.3 Å². The molecule has 1 aliphatic heterocycles. The first-order chi connectivity index (χ1) is 8.16. The molecular formula is C14H20N2S. The van der Waals surface area contributed by atoms with Crippen molar-refractivity contribution in [2.45, 2.75) is 25.8 Å². The van der Waals surface area contributed by atoms with E-state index in [0.29, 0.717) is 16.9 Å². The smallest absolute Gasteiger partial charge is 0.0730 e. The van der Waals surface area contributed by atoms with Gasteiger partial charge in [-0.25, -0.2) is 0 Å². The van der Waals surface area contributed by atoms with Gasteiger partial charge in [0.05, 0.1) is 4.99 Å². The van der Waals surface area contributed by atoms with Crippen molar-refractivity contribution in [3.8, 4) is 0 Å². The lowest BCUT2D eigenvalue weighted by molar-refractivity contribution is 0.253. The van der Waals surface area contributed by atoms with Gasteiger partial charge in [0.1, 0.15) is 0 Å². The summed E-state index contributed by atoms with van der Waals surface area (Å²) in [7, 11) is 0. The fraction of sp³-hybridized carbons (Fsp3) is 0.500. The van der Waals surface area contributed by atoms with Crippen molar-refractivity contribution in [3.63, 3.8) is 0 Å². The number of nitrogens with zero attached hydrogens (tertiary/aromatic N) is 1. The Bertz CT molecular complexity index is 377. The average molecular weight is 248 g/mol. The summed E-state index contributed by atoms with van der Waals surface area (Å²) in [5, 5.41) is 0. The molecule has 3 heteroatoms. The van der Waals surface area contributed by atoms with Gasteiger partial charge in [0.25, 0.3) is 0 Å². The van der Waals surface area contributed by atoms with Crippen LogP contribution in [0.5, 0.6) is 0 Å². The number of rotatable bonds is 4. The maximum absolute atomic E-state index is 5.62. The van der Waals surface area contributed by atoms with E-state index < -0.39 is 0 Å². The molecule has 0 spiro atoms. The molecule has 2 atom stereocenters. The van der Waals surface area contributed by atoms with Crippen molar-refractivity contribution in [2.24, 2.45) is 11.7 Å². The van der Waals surface area contributed by atoms with Crippen molar-refractivity contribution in [2.75, 3.05) is 13.1 Å². The molecule has 1 heterocycles. The van der Waals surface area contributed by atoms with Gasteiger partial charge in [-0.2, -0.15) is 0 Å². The van der Waals surface area contributed by atoms with Crippen molar-refractivity contribution in [3.05, 3.63) is 35.9 Å². The molecular weight excluding hydrogens is 228 g/mol.